The lowest BCUT2D eigenvalue weighted by molar-refractivity contribution is -0.119. The van der Waals surface area contributed by atoms with Crippen molar-refractivity contribution in [3.8, 4) is 0 Å². The number of hydrogen-bond acceptors (Lipinski definition) is 3. The van der Waals surface area contributed by atoms with Crippen LogP contribution in [-0.4, -0.2) is 23.1 Å². The summed E-state index contributed by atoms with van der Waals surface area (Å²) in [6.45, 7) is 3.95. The Morgan fingerprint density at radius 2 is 2.09 bits per heavy atom. The number of nitrogens with one attached hydrogen (secondary N) is 1. The van der Waals surface area contributed by atoms with Gasteiger partial charge in [-0.05, 0) is 49.6 Å². The van der Waals surface area contributed by atoms with E-state index in [1.807, 2.05) is 54.3 Å². The highest BCUT2D eigenvalue weighted by Crippen LogP contribution is 2.32. The third-order valence-electron chi connectivity index (χ3n) is 4.31. The molecule has 0 radical (unpaired) electrons. The normalized spacial score (nSPS) is 17.7. The minimum Gasteiger partial charge on any atom is -0.392 e. The maximum absolute atomic E-state index is 12.9. The first-order valence-electron chi connectivity index (χ1n) is 7.97. The average molecular weight is 310 g/mol. The second-order valence-corrected chi connectivity index (χ2v) is 6.11. The van der Waals surface area contributed by atoms with Crippen molar-refractivity contribution in [1.82, 2.24) is 0 Å². The van der Waals surface area contributed by atoms with Gasteiger partial charge in [-0.25, -0.2) is 0 Å². The fourth-order valence-electron chi connectivity index (χ4n) is 3.18. The van der Waals surface area contributed by atoms with E-state index >= 15 is 0 Å². The van der Waals surface area contributed by atoms with Gasteiger partial charge in [-0.15, -0.1) is 0 Å². The van der Waals surface area contributed by atoms with Gasteiger partial charge in [-0.2, -0.15) is 0 Å². The van der Waals surface area contributed by atoms with Gasteiger partial charge in [0.25, 0.3) is 0 Å². The van der Waals surface area contributed by atoms with Gasteiger partial charge in [0.15, 0.2) is 0 Å². The summed E-state index contributed by atoms with van der Waals surface area (Å²) in [5, 5.41) is 12.5. The van der Waals surface area contributed by atoms with Gasteiger partial charge in [0.05, 0.1) is 6.61 Å². The lowest BCUT2D eigenvalue weighted by atomic mass is 10.1. The fraction of sp³-hybridized carbons (Fsp3) is 0.316. The zero-order chi connectivity index (χ0) is 16.4. The third kappa shape index (κ3) is 3.08. The van der Waals surface area contributed by atoms with Crippen molar-refractivity contribution < 1.29 is 9.90 Å². The molecule has 1 aliphatic heterocycles. The van der Waals surface area contributed by atoms with Crippen LogP contribution in [0.15, 0.2) is 48.5 Å². The van der Waals surface area contributed by atoms with E-state index in [0.717, 1.165) is 23.4 Å². The Morgan fingerprint density at radius 1 is 1.30 bits per heavy atom. The number of anilines is 2. The predicted octanol–water partition coefficient (Wildman–Crippen LogP) is 2.96. The molecule has 1 heterocycles. The van der Waals surface area contributed by atoms with Crippen LogP contribution < -0.4 is 10.2 Å². The summed E-state index contributed by atoms with van der Waals surface area (Å²) in [6, 6.07) is 15.4. The Bertz CT molecular complexity index is 714. The Kier molecular flexibility index (Phi) is 4.35. The van der Waals surface area contributed by atoms with Crippen molar-refractivity contribution in [1.29, 1.82) is 0 Å². The van der Waals surface area contributed by atoms with Gasteiger partial charge in [-0.3, -0.25) is 4.79 Å². The van der Waals surface area contributed by atoms with Crippen LogP contribution in [0.25, 0.3) is 0 Å². The largest absolute Gasteiger partial charge is 0.392 e. The average Bonchev–Trinajstić information content (AvgIpc) is 2.90. The molecular weight excluding hydrogens is 288 g/mol. The Morgan fingerprint density at radius 3 is 2.87 bits per heavy atom. The predicted molar refractivity (Wildman–Crippen MR) is 92.5 cm³/mol. The number of rotatable bonds is 4. The van der Waals surface area contributed by atoms with Crippen LogP contribution in [0.1, 0.15) is 25.0 Å². The number of para-hydroxylation sites is 1. The summed E-state index contributed by atoms with van der Waals surface area (Å²) in [4.78, 5) is 14.8. The Balaban J connectivity index is 1.77. The summed E-state index contributed by atoms with van der Waals surface area (Å²) >= 11 is 0. The van der Waals surface area contributed by atoms with Crippen LogP contribution in [0.2, 0.25) is 0 Å². The molecule has 2 N–H and O–H groups in total. The molecule has 0 aromatic heterocycles. The van der Waals surface area contributed by atoms with Crippen LogP contribution in [-0.2, 0) is 17.8 Å². The van der Waals surface area contributed by atoms with E-state index in [0.29, 0.717) is 0 Å². The van der Waals surface area contributed by atoms with Crippen molar-refractivity contribution >= 4 is 17.3 Å². The third-order valence-corrected chi connectivity index (χ3v) is 4.31. The molecule has 0 fully saturated rings. The minimum atomic E-state index is -0.336. The van der Waals surface area contributed by atoms with Gasteiger partial charge in [0.2, 0.25) is 5.91 Å². The van der Waals surface area contributed by atoms with Crippen LogP contribution in [0.5, 0.6) is 0 Å². The quantitative estimate of drug-likeness (QED) is 0.913. The molecule has 4 nitrogen and oxygen atoms in total. The fourth-order valence-corrected chi connectivity index (χ4v) is 3.18. The standard InChI is InChI=1S/C19H22N2O2/c1-13-10-16-7-3-4-9-18(16)21(13)19(23)14(2)20-17-8-5-6-15(11-17)12-22/h3-9,11,13-14,20,22H,10,12H2,1-2H3/t13-,14-/m0/s1. The van der Waals surface area contributed by atoms with Crippen molar-refractivity contribution in [2.24, 2.45) is 0 Å². The molecule has 2 aromatic rings. The summed E-state index contributed by atoms with van der Waals surface area (Å²) < 4.78 is 0. The monoisotopic (exact) mass is 310 g/mol. The van der Waals surface area contributed by atoms with Crippen LogP contribution in [0.4, 0.5) is 11.4 Å². The zero-order valence-electron chi connectivity index (χ0n) is 13.5. The molecule has 0 spiro atoms. The molecule has 3 rings (SSSR count). The number of carbonyl (C=O) groups is 1. The summed E-state index contributed by atoms with van der Waals surface area (Å²) in [5.41, 5.74) is 3.91. The number of fused-ring (bicyclic) bond motifs is 1. The van der Waals surface area contributed by atoms with Crippen molar-refractivity contribution in [2.75, 3.05) is 10.2 Å². The smallest absolute Gasteiger partial charge is 0.249 e. The Hall–Kier alpha value is -2.33. The second-order valence-electron chi connectivity index (χ2n) is 6.11. The van der Waals surface area contributed by atoms with Gasteiger partial charge in [-0.1, -0.05) is 30.3 Å². The molecule has 2 aromatic carbocycles. The van der Waals surface area contributed by atoms with Gasteiger partial charge in [0, 0.05) is 17.4 Å². The van der Waals surface area contributed by atoms with Crippen molar-refractivity contribution in [3.05, 3.63) is 59.7 Å². The van der Waals surface area contributed by atoms with Crippen LogP contribution in [0.3, 0.4) is 0 Å². The topological polar surface area (TPSA) is 52.6 Å². The molecule has 0 unspecified atom stereocenters. The van der Waals surface area contributed by atoms with Gasteiger partial charge in [0.1, 0.15) is 6.04 Å². The van der Waals surface area contributed by atoms with Gasteiger partial charge < -0.3 is 15.3 Å². The molecule has 0 bridgehead atoms. The maximum atomic E-state index is 12.9. The molecule has 23 heavy (non-hydrogen) atoms. The highest BCUT2D eigenvalue weighted by Gasteiger charge is 2.32. The first-order chi connectivity index (χ1) is 11.1. The van der Waals surface area contributed by atoms with Crippen LogP contribution in [0, 0.1) is 0 Å². The molecular formula is C19H22N2O2. The van der Waals surface area contributed by atoms with E-state index in [9.17, 15) is 9.90 Å². The van der Waals surface area contributed by atoms with E-state index in [1.165, 1.54) is 5.56 Å². The number of amides is 1. The minimum absolute atomic E-state index is 0.00557. The van der Waals surface area contributed by atoms with Crippen molar-refractivity contribution in [3.63, 3.8) is 0 Å². The maximum Gasteiger partial charge on any atom is 0.249 e. The van der Waals surface area contributed by atoms with E-state index in [-0.39, 0.29) is 24.6 Å². The number of aliphatic hydroxyl groups is 1. The highest BCUT2D eigenvalue weighted by molar-refractivity contribution is 6.00. The number of aliphatic hydroxyl groups excluding tert-OH is 1. The molecule has 0 saturated heterocycles. The number of carbonyl (C=O) groups excluding carboxylic acids is 1. The first-order valence-corrected chi connectivity index (χ1v) is 7.97. The van der Waals surface area contributed by atoms with E-state index in [1.54, 1.807) is 0 Å². The zero-order valence-corrected chi connectivity index (χ0v) is 13.5. The van der Waals surface area contributed by atoms with E-state index < -0.39 is 0 Å². The number of hydrogen-bond donors (Lipinski definition) is 2. The van der Waals surface area contributed by atoms with Crippen LogP contribution >= 0.6 is 0 Å². The molecule has 4 heteroatoms. The summed E-state index contributed by atoms with van der Waals surface area (Å²) in [7, 11) is 0. The lowest BCUT2D eigenvalue weighted by Gasteiger charge is -2.27. The second kappa shape index (κ2) is 6.42. The lowest BCUT2D eigenvalue weighted by Crippen LogP contribution is -2.44. The Labute approximate surface area is 136 Å². The molecule has 120 valence electrons. The molecule has 0 aliphatic carbocycles. The number of nitrogens with zero attached hydrogens (tertiary/aromatic N) is 1. The van der Waals surface area contributed by atoms with Gasteiger partial charge >= 0.3 is 0 Å². The summed E-state index contributed by atoms with van der Waals surface area (Å²) in [6.07, 6.45) is 0.897. The molecule has 1 aliphatic rings. The van der Waals surface area contributed by atoms with E-state index in [2.05, 4.69) is 18.3 Å². The molecule has 0 saturated carbocycles. The SMILES string of the molecule is C[C@H](Nc1cccc(CO)c1)C(=O)N1c2ccccc2C[C@@H]1C. The number of benzene rings is 2. The first kappa shape index (κ1) is 15.6. The molecule has 1 amide bonds. The highest BCUT2D eigenvalue weighted by atomic mass is 16.3. The van der Waals surface area contributed by atoms with Crippen molar-refractivity contribution in [2.45, 2.75) is 39.0 Å². The molecule has 2 atom stereocenters. The van der Waals surface area contributed by atoms with E-state index in [4.69, 9.17) is 0 Å². The summed E-state index contributed by atoms with van der Waals surface area (Å²) in [5.74, 6) is 0.0665.